The third kappa shape index (κ3) is 5.30. The molecule has 1 aliphatic rings. The first kappa shape index (κ1) is 27.6. The van der Waals surface area contributed by atoms with Gasteiger partial charge in [-0.1, -0.05) is 44.2 Å². The van der Waals surface area contributed by atoms with Gasteiger partial charge in [-0.25, -0.2) is 0 Å². The average Bonchev–Trinajstić information content (AvgIpc) is 3.17. The summed E-state index contributed by atoms with van der Waals surface area (Å²) in [7, 11) is 0. The summed E-state index contributed by atoms with van der Waals surface area (Å²) in [4.78, 5) is 51.5. The normalized spacial score (nSPS) is 13.2. The summed E-state index contributed by atoms with van der Waals surface area (Å²) in [5.41, 5.74) is -0.472. The number of rotatable bonds is 7. The summed E-state index contributed by atoms with van der Waals surface area (Å²) in [6.07, 6.45) is -5.45. The van der Waals surface area contributed by atoms with Crippen molar-refractivity contribution >= 4 is 28.8 Å². The van der Waals surface area contributed by atoms with Crippen molar-refractivity contribution < 1.29 is 41.4 Å². The highest BCUT2D eigenvalue weighted by molar-refractivity contribution is 6.21. The number of carbonyl (C=O) groups excluding carboxylic acids is 3. The standard InChI is InChI=1S/C30H22F3NO7/c1-16(2)18-7-5-6-10-22(18)40-26-25(36)21-12-11-17(15-23(21)41-27(26)30(31,32)33)39-24(35)13-14-34-28(37)19-8-3-4-9-20(19)29(34)38/h3-12,15-16H,13-14H2,1-2H3. The minimum atomic E-state index is -5.07. The number of carbonyl (C=O) groups is 3. The zero-order valence-electron chi connectivity index (χ0n) is 21.8. The second kappa shape index (κ2) is 10.6. The second-order valence-electron chi connectivity index (χ2n) is 9.57. The van der Waals surface area contributed by atoms with Crippen LogP contribution in [0.1, 0.15) is 58.2 Å². The van der Waals surface area contributed by atoms with Gasteiger partial charge in [0.1, 0.15) is 17.1 Å². The molecule has 0 fully saturated rings. The van der Waals surface area contributed by atoms with Crippen LogP contribution in [0.15, 0.2) is 75.9 Å². The molecule has 8 nitrogen and oxygen atoms in total. The summed E-state index contributed by atoms with van der Waals surface area (Å²) in [5.74, 6) is -4.79. The lowest BCUT2D eigenvalue weighted by Gasteiger charge is -2.16. The summed E-state index contributed by atoms with van der Waals surface area (Å²) >= 11 is 0. The van der Waals surface area contributed by atoms with Gasteiger partial charge in [-0.05, 0) is 41.8 Å². The molecular formula is C30H22F3NO7. The Bertz CT molecular complexity index is 1720. The van der Waals surface area contributed by atoms with Crippen molar-refractivity contribution in [1.82, 2.24) is 4.90 Å². The van der Waals surface area contributed by atoms with Crippen LogP contribution < -0.4 is 14.9 Å². The molecule has 0 spiro atoms. The second-order valence-corrected chi connectivity index (χ2v) is 9.57. The SMILES string of the molecule is CC(C)c1ccccc1Oc1c(C(F)(F)F)oc2cc(OC(=O)CCN3C(=O)c4ccccc4C3=O)ccc2c1=O. The number of halogens is 3. The van der Waals surface area contributed by atoms with E-state index >= 15 is 0 Å². The van der Waals surface area contributed by atoms with E-state index in [9.17, 15) is 32.3 Å². The summed E-state index contributed by atoms with van der Waals surface area (Å²) in [6.45, 7) is 3.40. The first-order valence-corrected chi connectivity index (χ1v) is 12.6. The first-order chi connectivity index (χ1) is 19.5. The van der Waals surface area contributed by atoms with Crippen LogP contribution in [0, 0.1) is 0 Å². The van der Waals surface area contributed by atoms with Crippen molar-refractivity contribution in [1.29, 1.82) is 0 Å². The molecule has 41 heavy (non-hydrogen) atoms. The highest BCUT2D eigenvalue weighted by Gasteiger charge is 2.41. The lowest BCUT2D eigenvalue weighted by atomic mass is 10.0. The van der Waals surface area contributed by atoms with Crippen molar-refractivity contribution in [2.24, 2.45) is 0 Å². The lowest BCUT2D eigenvalue weighted by Crippen LogP contribution is -2.32. The monoisotopic (exact) mass is 565 g/mol. The molecule has 4 aromatic rings. The van der Waals surface area contributed by atoms with Crippen LogP contribution in [-0.4, -0.2) is 29.2 Å². The number of alkyl halides is 3. The number of nitrogens with zero attached hydrogens (tertiary/aromatic N) is 1. The van der Waals surface area contributed by atoms with E-state index in [4.69, 9.17) is 13.9 Å². The molecule has 0 unspecified atom stereocenters. The van der Waals surface area contributed by atoms with Crippen molar-refractivity contribution in [3.05, 3.63) is 99.4 Å². The Hall–Kier alpha value is -4.93. The molecule has 2 heterocycles. The number of fused-ring (bicyclic) bond motifs is 2. The van der Waals surface area contributed by atoms with Gasteiger partial charge in [0.05, 0.1) is 22.9 Å². The molecule has 0 saturated carbocycles. The van der Waals surface area contributed by atoms with Crippen LogP contribution in [-0.2, 0) is 11.0 Å². The highest BCUT2D eigenvalue weighted by atomic mass is 19.4. The number of imide groups is 1. The Morgan fingerprint density at radius 2 is 1.56 bits per heavy atom. The Kier molecular flexibility index (Phi) is 7.12. The number of ether oxygens (including phenoxy) is 2. The summed E-state index contributed by atoms with van der Waals surface area (Å²) in [5, 5.41) is -0.221. The number of amides is 2. The van der Waals surface area contributed by atoms with Gasteiger partial charge >= 0.3 is 12.1 Å². The van der Waals surface area contributed by atoms with Gasteiger partial charge in [0.25, 0.3) is 17.6 Å². The fraction of sp³-hybridized carbons (Fsp3) is 0.200. The van der Waals surface area contributed by atoms with E-state index < -0.39 is 46.5 Å². The molecule has 0 N–H and O–H groups in total. The minimum absolute atomic E-state index is 0.0864. The van der Waals surface area contributed by atoms with Crippen molar-refractivity contribution in [3.8, 4) is 17.2 Å². The third-order valence-electron chi connectivity index (χ3n) is 6.48. The van der Waals surface area contributed by atoms with Crippen LogP contribution in [0.2, 0.25) is 0 Å². The van der Waals surface area contributed by atoms with Gasteiger partial charge in [0, 0.05) is 12.6 Å². The molecular weight excluding hydrogens is 543 g/mol. The molecule has 1 aromatic heterocycles. The van der Waals surface area contributed by atoms with E-state index in [0.717, 1.165) is 17.0 Å². The van der Waals surface area contributed by atoms with Crippen LogP contribution >= 0.6 is 0 Å². The number of esters is 1. The zero-order valence-corrected chi connectivity index (χ0v) is 21.8. The van der Waals surface area contributed by atoms with E-state index in [1.165, 1.54) is 24.3 Å². The van der Waals surface area contributed by atoms with E-state index in [1.54, 1.807) is 30.3 Å². The van der Waals surface area contributed by atoms with Gasteiger partial charge in [0.15, 0.2) is 0 Å². The summed E-state index contributed by atoms with van der Waals surface area (Å²) < 4.78 is 57.8. The Balaban J connectivity index is 1.39. The van der Waals surface area contributed by atoms with E-state index in [0.29, 0.717) is 5.56 Å². The van der Waals surface area contributed by atoms with Gasteiger partial charge in [-0.15, -0.1) is 0 Å². The zero-order chi connectivity index (χ0) is 29.5. The van der Waals surface area contributed by atoms with E-state index in [-0.39, 0.29) is 46.9 Å². The van der Waals surface area contributed by atoms with Gasteiger partial charge < -0.3 is 13.9 Å². The first-order valence-electron chi connectivity index (χ1n) is 12.6. The van der Waals surface area contributed by atoms with Crippen molar-refractivity contribution in [2.45, 2.75) is 32.4 Å². The summed E-state index contributed by atoms with van der Waals surface area (Å²) in [6, 6.07) is 16.0. The Labute approximate surface area is 230 Å². The predicted molar refractivity (Wildman–Crippen MR) is 140 cm³/mol. The maximum atomic E-state index is 14.0. The number of para-hydroxylation sites is 1. The lowest BCUT2D eigenvalue weighted by molar-refractivity contribution is -0.154. The molecule has 5 rings (SSSR count). The molecule has 0 atom stereocenters. The molecule has 0 radical (unpaired) electrons. The van der Waals surface area contributed by atoms with Gasteiger partial charge in [-0.3, -0.25) is 24.1 Å². The molecule has 0 bridgehead atoms. The molecule has 11 heteroatoms. The van der Waals surface area contributed by atoms with E-state index in [1.807, 2.05) is 13.8 Å². The van der Waals surface area contributed by atoms with Gasteiger partial charge in [-0.2, -0.15) is 13.2 Å². The molecule has 0 saturated heterocycles. The van der Waals surface area contributed by atoms with Crippen LogP contribution in [0.5, 0.6) is 17.2 Å². The quantitative estimate of drug-likeness (QED) is 0.147. The van der Waals surface area contributed by atoms with Crippen LogP contribution in [0.3, 0.4) is 0 Å². The van der Waals surface area contributed by atoms with Crippen LogP contribution in [0.25, 0.3) is 11.0 Å². The maximum absolute atomic E-state index is 14.0. The number of hydrogen-bond acceptors (Lipinski definition) is 7. The minimum Gasteiger partial charge on any atom is -0.449 e. The van der Waals surface area contributed by atoms with Crippen LogP contribution in [0.4, 0.5) is 13.2 Å². The topological polar surface area (TPSA) is 103 Å². The highest BCUT2D eigenvalue weighted by Crippen LogP contribution is 2.40. The maximum Gasteiger partial charge on any atom is 0.453 e. The third-order valence-corrected chi connectivity index (χ3v) is 6.48. The Morgan fingerprint density at radius 3 is 2.20 bits per heavy atom. The molecule has 3 aromatic carbocycles. The molecule has 210 valence electrons. The average molecular weight is 566 g/mol. The molecule has 2 amide bonds. The fourth-order valence-corrected chi connectivity index (χ4v) is 4.49. The predicted octanol–water partition coefficient (Wildman–Crippen LogP) is 6.32. The van der Waals surface area contributed by atoms with Crippen molar-refractivity contribution in [2.75, 3.05) is 6.54 Å². The molecule has 0 aliphatic carbocycles. The number of benzene rings is 3. The van der Waals surface area contributed by atoms with Crippen molar-refractivity contribution in [3.63, 3.8) is 0 Å². The smallest absolute Gasteiger partial charge is 0.449 e. The van der Waals surface area contributed by atoms with Gasteiger partial charge in [0.2, 0.25) is 11.2 Å². The van der Waals surface area contributed by atoms with E-state index in [2.05, 4.69) is 0 Å². The number of hydrogen-bond donors (Lipinski definition) is 0. The Morgan fingerprint density at radius 1 is 0.927 bits per heavy atom. The fourth-order valence-electron chi connectivity index (χ4n) is 4.49. The molecule has 1 aliphatic heterocycles. The largest absolute Gasteiger partial charge is 0.453 e.